The molecular weight excluding hydrogens is 260 g/mol. The van der Waals surface area contributed by atoms with Crippen molar-refractivity contribution >= 4 is 15.7 Å². The van der Waals surface area contributed by atoms with Crippen molar-refractivity contribution in [3.05, 3.63) is 23.3 Å². The number of hydrogen-bond donors (Lipinski definition) is 1. The highest BCUT2D eigenvalue weighted by Crippen LogP contribution is 2.32. The lowest BCUT2D eigenvalue weighted by atomic mass is 10.1. The topological polar surface area (TPSA) is 63.4 Å². The van der Waals surface area contributed by atoms with E-state index in [2.05, 4.69) is 0 Å². The summed E-state index contributed by atoms with van der Waals surface area (Å²) >= 11 is 0. The van der Waals surface area contributed by atoms with Crippen LogP contribution < -0.4 is 5.73 Å². The first-order valence-corrected chi connectivity index (χ1v) is 8.13. The number of aryl methyl sites for hydroxylation is 2. The van der Waals surface area contributed by atoms with Crippen LogP contribution in [-0.2, 0) is 10.0 Å². The summed E-state index contributed by atoms with van der Waals surface area (Å²) in [6.45, 7) is 3.63. The molecule has 0 heterocycles. The molecule has 1 aromatic rings. The molecule has 0 aliphatic heterocycles. The molecule has 0 amide bonds. The van der Waals surface area contributed by atoms with E-state index >= 15 is 0 Å². The SMILES string of the molecule is Cc1ccc(C)c(S(=O)(=O)N(C)C2CCCC2)c1N. The van der Waals surface area contributed by atoms with Crippen molar-refractivity contribution < 1.29 is 8.42 Å². The van der Waals surface area contributed by atoms with Crippen LogP contribution in [0.2, 0.25) is 0 Å². The largest absolute Gasteiger partial charge is 0.397 e. The third-order valence-electron chi connectivity index (χ3n) is 4.09. The average molecular weight is 282 g/mol. The number of hydrogen-bond acceptors (Lipinski definition) is 3. The molecule has 2 rings (SSSR count). The molecule has 1 aromatic carbocycles. The Kier molecular flexibility index (Phi) is 3.87. The van der Waals surface area contributed by atoms with Crippen molar-refractivity contribution in [2.75, 3.05) is 12.8 Å². The molecule has 0 unspecified atom stereocenters. The van der Waals surface area contributed by atoms with Gasteiger partial charge in [0.25, 0.3) is 0 Å². The number of sulfonamides is 1. The lowest BCUT2D eigenvalue weighted by molar-refractivity contribution is 0.373. The molecule has 106 valence electrons. The number of anilines is 1. The Labute approximate surface area is 115 Å². The van der Waals surface area contributed by atoms with E-state index in [-0.39, 0.29) is 10.9 Å². The highest BCUT2D eigenvalue weighted by atomic mass is 32.2. The minimum atomic E-state index is -3.50. The third kappa shape index (κ3) is 2.49. The summed E-state index contributed by atoms with van der Waals surface area (Å²) < 4.78 is 27.0. The Balaban J connectivity index is 2.47. The van der Waals surface area contributed by atoms with Gasteiger partial charge in [0.1, 0.15) is 4.90 Å². The summed E-state index contributed by atoms with van der Waals surface area (Å²) in [5.41, 5.74) is 7.90. The van der Waals surface area contributed by atoms with Crippen molar-refractivity contribution in [3.63, 3.8) is 0 Å². The summed E-state index contributed by atoms with van der Waals surface area (Å²) in [5, 5.41) is 0. The molecule has 4 nitrogen and oxygen atoms in total. The molecule has 0 spiro atoms. The van der Waals surface area contributed by atoms with Crippen LogP contribution in [0.4, 0.5) is 5.69 Å². The second-order valence-corrected chi connectivity index (χ2v) is 7.34. The van der Waals surface area contributed by atoms with Gasteiger partial charge in [0.2, 0.25) is 10.0 Å². The first kappa shape index (κ1) is 14.3. The molecule has 1 aliphatic carbocycles. The molecule has 0 saturated heterocycles. The number of nitrogens with zero attached hydrogens (tertiary/aromatic N) is 1. The number of nitrogen functional groups attached to an aromatic ring is 1. The Morgan fingerprint density at radius 1 is 1.16 bits per heavy atom. The summed E-state index contributed by atoms with van der Waals surface area (Å²) in [5.74, 6) is 0. The van der Waals surface area contributed by atoms with E-state index in [1.165, 1.54) is 4.31 Å². The molecule has 0 radical (unpaired) electrons. The van der Waals surface area contributed by atoms with Gasteiger partial charge in [0, 0.05) is 13.1 Å². The summed E-state index contributed by atoms with van der Waals surface area (Å²) in [6, 6.07) is 3.80. The Morgan fingerprint density at radius 2 is 1.68 bits per heavy atom. The average Bonchev–Trinajstić information content (AvgIpc) is 2.86. The normalized spacial score (nSPS) is 17.3. The lowest BCUT2D eigenvalue weighted by Crippen LogP contribution is -2.36. The van der Waals surface area contributed by atoms with E-state index in [0.29, 0.717) is 11.3 Å². The van der Waals surface area contributed by atoms with Crippen LogP contribution in [0.3, 0.4) is 0 Å². The van der Waals surface area contributed by atoms with E-state index in [1.807, 2.05) is 19.1 Å². The van der Waals surface area contributed by atoms with Gasteiger partial charge in [-0.3, -0.25) is 0 Å². The van der Waals surface area contributed by atoms with Crippen LogP contribution in [-0.4, -0.2) is 25.8 Å². The predicted molar refractivity (Wildman–Crippen MR) is 77.5 cm³/mol. The molecule has 5 heteroatoms. The Bertz CT molecular complexity index is 575. The van der Waals surface area contributed by atoms with Gasteiger partial charge >= 0.3 is 0 Å². The Hall–Kier alpha value is -1.07. The molecule has 0 atom stereocenters. The standard InChI is InChI=1S/C14H22N2O2S/c1-10-8-9-11(2)14(13(10)15)19(17,18)16(3)12-6-4-5-7-12/h8-9,12H,4-7,15H2,1-3H3. The number of benzene rings is 1. The predicted octanol–water partition coefficient (Wildman–Crippen LogP) is 2.45. The van der Waals surface area contributed by atoms with E-state index in [0.717, 1.165) is 31.2 Å². The highest BCUT2D eigenvalue weighted by molar-refractivity contribution is 7.89. The van der Waals surface area contributed by atoms with Crippen molar-refractivity contribution in [1.82, 2.24) is 4.31 Å². The fourth-order valence-electron chi connectivity index (χ4n) is 2.76. The first-order valence-electron chi connectivity index (χ1n) is 6.69. The smallest absolute Gasteiger partial charge is 0.245 e. The van der Waals surface area contributed by atoms with Gasteiger partial charge in [-0.2, -0.15) is 4.31 Å². The maximum absolute atomic E-state index is 12.8. The summed E-state index contributed by atoms with van der Waals surface area (Å²) in [7, 11) is -1.82. The van der Waals surface area contributed by atoms with Crippen LogP contribution in [0.1, 0.15) is 36.8 Å². The maximum Gasteiger partial charge on any atom is 0.245 e. The van der Waals surface area contributed by atoms with Crippen molar-refractivity contribution in [2.24, 2.45) is 0 Å². The Morgan fingerprint density at radius 3 is 2.26 bits per heavy atom. The molecule has 0 bridgehead atoms. The van der Waals surface area contributed by atoms with E-state index in [4.69, 9.17) is 5.73 Å². The van der Waals surface area contributed by atoms with Gasteiger partial charge in [-0.05, 0) is 37.8 Å². The van der Waals surface area contributed by atoms with E-state index in [9.17, 15) is 8.42 Å². The maximum atomic E-state index is 12.8. The molecular formula is C14H22N2O2S. The lowest BCUT2D eigenvalue weighted by Gasteiger charge is -2.25. The zero-order valence-corrected chi connectivity index (χ0v) is 12.6. The van der Waals surface area contributed by atoms with Crippen LogP contribution in [0.25, 0.3) is 0 Å². The van der Waals surface area contributed by atoms with Gasteiger partial charge in [-0.25, -0.2) is 8.42 Å². The molecule has 19 heavy (non-hydrogen) atoms. The second-order valence-electron chi connectivity index (χ2n) is 5.40. The third-order valence-corrected chi connectivity index (χ3v) is 6.20. The van der Waals surface area contributed by atoms with Crippen LogP contribution in [0.15, 0.2) is 17.0 Å². The molecule has 0 aromatic heterocycles. The van der Waals surface area contributed by atoms with Crippen molar-refractivity contribution in [2.45, 2.75) is 50.5 Å². The van der Waals surface area contributed by atoms with E-state index < -0.39 is 10.0 Å². The van der Waals surface area contributed by atoms with Crippen LogP contribution in [0.5, 0.6) is 0 Å². The quantitative estimate of drug-likeness (QED) is 0.866. The fourth-order valence-corrected chi connectivity index (χ4v) is 4.56. The van der Waals surface area contributed by atoms with Crippen molar-refractivity contribution in [1.29, 1.82) is 0 Å². The zero-order chi connectivity index (χ0) is 14.2. The number of rotatable bonds is 3. The molecule has 2 N–H and O–H groups in total. The molecule has 1 saturated carbocycles. The van der Waals surface area contributed by atoms with Gasteiger partial charge in [0.15, 0.2) is 0 Å². The molecule has 1 aliphatic rings. The van der Waals surface area contributed by atoms with Gasteiger partial charge in [0.05, 0.1) is 5.69 Å². The van der Waals surface area contributed by atoms with Gasteiger partial charge in [-0.15, -0.1) is 0 Å². The van der Waals surface area contributed by atoms with Crippen molar-refractivity contribution in [3.8, 4) is 0 Å². The summed E-state index contributed by atoms with van der Waals surface area (Å²) in [4.78, 5) is 0.280. The minimum absolute atomic E-state index is 0.115. The second kappa shape index (κ2) is 5.13. The fraction of sp³-hybridized carbons (Fsp3) is 0.571. The molecule has 1 fully saturated rings. The number of nitrogens with two attached hydrogens (primary N) is 1. The van der Waals surface area contributed by atoms with E-state index in [1.54, 1.807) is 14.0 Å². The monoisotopic (exact) mass is 282 g/mol. The van der Waals surface area contributed by atoms with Crippen LogP contribution in [0, 0.1) is 13.8 Å². The van der Waals surface area contributed by atoms with Crippen LogP contribution >= 0.6 is 0 Å². The summed E-state index contributed by atoms with van der Waals surface area (Å²) in [6.07, 6.45) is 4.10. The minimum Gasteiger partial charge on any atom is -0.397 e. The van der Waals surface area contributed by atoms with Gasteiger partial charge < -0.3 is 5.73 Å². The first-order chi connectivity index (χ1) is 8.85. The zero-order valence-electron chi connectivity index (χ0n) is 11.8. The highest BCUT2D eigenvalue weighted by Gasteiger charge is 2.32. The van der Waals surface area contributed by atoms with Gasteiger partial charge in [-0.1, -0.05) is 25.0 Å².